The molecule has 0 radical (unpaired) electrons. The summed E-state index contributed by atoms with van der Waals surface area (Å²) in [4.78, 5) is 2.38. The minimum absolute atomic E-state index is 0.0884. The molecule has 0 bridgehead atoms. The fourth-order valence-corrected chi connectivity index (χ4v) is 3.34. The van der Waals surface area contributed by atoms with Gasteiger partial charge in [0, 0.05) is 34.7 Å². The van der Waals surface area contributed by atoms with Gasteiger partial charge in [0.2, 0.25) is 0 Å². The van der Waals surface area contributed by atoms with E-state index in [2.05, 4.69) is 46.9 Å². The van der Waals surface area contributed by atoms with Crippen molar-refractivity contribution in [3.05, 3.63) is 34.1 Å². The maximum Gasteiger partial charge on any atom is 0.129 e. The lowest BCUT2D eigenvalue weighted by Gasteiger charge is -2.35. The topological polar surface area (TPSA) is 15.3 Å². The first-order chi connectivity index (χ1) is 9.49. The number of benzene rings is 1. The predicted octanol–water partition coefficient (Wildman–Crippen LogP) is 4.11. The van der Waals surface area contributed by atoms with Crippen molar-refractivity contribution in [2.24, 2.45) is 0 Å². The zero-order chi connectivity index (χ0) is 14.7. The molecule has 2 nitrogen and oxygen atoms in total. The minimum Gasteiger partial charge on any atom is -0.313 e. The van der Waals surface area contributed by atoms with Crippen LogP contribution in [0.2, 0.25) is 0 Å². The molecule has 20 heavy (non-hydrogen) atoms. The lowest BCUT2D eigenvalue weighted by molar-refractivity contribution is 0.147. The van der Waals surface area contributed by atoms with Gasteiger partial charge < -0.3 is 5.32 Å². The Morgan fingerprint density at radius 2 is 2.15 bits per heavy atom. The summed E-state index contributed by atoms with van der Waals surface area (Å²) in [6.45, 7) is 8.55. The summed E-state index contributed by atoms with van der Waals surface area (Å²) in [5, 5.41) is 3.53. The first-order valence-corrected chi connectivity index (χ1v) is 8.22. The van der Waals surface area contributed by atoms with Crippen LogP contribution < -0.4 is 5.32 Å². The molecule has 2 rings (SSSR count). The number of rotatable bonds is 5. The van der Waals surface area contributed by atoms with Gasteiger partial charge >= 0.3 is 0 Å². The van der Waals surface area contributed by atoms with Gasteiger partial charge in [-0.3, -0.25) is 4.90 Å². The lowest BCUT2D eigenvalue weighted by Crippen LogP contribution is -2.42. The third-order valence-corrected chi connectivity index (χ3v) is 4.66. The number of hydrogen-bond acceptors (Lipinski definition) is 2. The summed E-state index contributed by atoms with van der Waals surface area (Å²) in [6.07, 6.45) is 2.47. The average molecular weight is 343 g/mol. The quantitative estimate of drug-likeness (QED) is 0.866. The van der Waals surface area contributed by atoms with Crippen LogP contribution in [0.5, 0.6) is 0 Å². The van der Waals surface area contributed by atoms with Gasteiger partial charge in [-0.25, -0.2) is 4.39 Å². The molecule has 2 atom stereocenters. The van der Waals surface area contributed by atoms with E-state index in [0.29, 0.717) is 12.1 Å². The van der Waals surface area contributed by atoms with Crippen molar-refractivity contribution in [3.63, 3.8) is 0 Å². The first-order valence-electron chi connectivity index (χ1n) is 7.43. The molecule has 4 heteroatoms. The predicted molar refractivity (Wildman–Crippen MR) is 85.4 cm³/mol. The van der Waals surface area contributed by atoms with Crippen LogP contribution in [0, 0.1) is 5.82 Å². The highest BCUT2D eigenvalue weighted by atomic mass is 79.9. The molecule has 2 unspecified atom stereocenters. The molecular weight excluding hydrogens is 319 g/mol. The van der Waals surface area contributed by atoms with Crippen LogP contribution in [0.4, 0.5) is 4.39 Å². The van der Waals surface area contributed by atoms with Crippen molar-refractivity contribution in [2.75, 3.05) is 13.1 Å². The van der Waals surface area contributed by atoms with Gasteiger partial charge in [0.1, 0.15) is 5.82 Å². The second-order valence-corrected chi connectivity index (χ2v) is 6.84. The number of halogens is 2. The van der Waals surface area contributed by atoms with Crippen molar-refractivity contribution < 1.29 is 4.39 Å². The Balaban J connectivity index is 2.14. The standard InChI is InChI=1S/C16H24BrFN2/c1-11(2)20(10-14-5-4-8-19-14)12(3)15-7-6-13(17)9-16(15)18/h6-7,9,11-12,14,19H,4-5,8,10H2,1-3H3. The number of nitrogens with zero attached hydrogens (tertiary/aromatic N) is 1. The zero-order valence-electron chi connectivity index (χ0n) is 12.5. The smallest absolute Gasteiger partial charge is 0.129 e. The highest BCUT2D eigenvalue weighted by Crippen LogP contribution is 2.27. The van der Waals surface area contributed by atoms with E-state index in [0.717, 1.165) is 23.1 Å². The molecule has 0 amide bonds. The third kappa shape index (κ3) is 3.80. The van der Waals surface area contributed by atoms with Crippen LogP contribution in [-0.2, 0) is 0 Å². The van der Waals surface area contributed by atoms with Crippen molar-refractivity contribution in [1.82, 2.24) is 10.2 Å². The summed E-state index contributed by atoms with van der Waals surface area (Å²) in [5.74, 6) is -0.128. The molecule has 1 fully saturated rings. The van der Waals surface area contributed by atoms with Gasteiger partial charge in [-0.05, 0) is 52.3 Å². The average Bonchev–Trinajstić information content (AvgIpc) is 2.87. The molecule has 1 aromatic carbocycles. The molecule has 1 saturated heterocycles. The highest BCUT2D eigenvalue weighted by molar-refractivity contribution is 9.10. The lowest BCUT2D eigenvalue weighted by atomic mass is 10.0. The molecule has 1 aliphatic heterocycles. The molecule has 1 aromatic rings. The first kappa shape index (κ1) is 15.9. The summed E-state index contributed by atoms with van der Waals surface area (Å²) >= 11 is 3.32. The summed E-state index contributed by atoms with van der Waals surface area (Å²) in [6, 6.07) is 6.39. The van der Waals surface area contributed by atoms with Gasteiger partial charge in [-0.15, -0.1) is 0 Å². The molecule has 0 aromatic heterocycles. The van der Waals surface area contributed by atoms with Crippen molar-refractivity contribution in [1.29, 1.82) is 0 Å². The van der Waals surface area contributed by atoms with E-state index in [-0.39, 0.29) is 11.9 Å². The Labute approximate surface area is 129 Å². The SMILES string of the molecule is CC(C)N(CC1CCCN1)C(C)c1ccc(Br)cc1F. The van der Waals surface area contributed by atoms with E-state index in [1.54, 1.807) is 6.07 Å². The molecule has 0 spiro atoms. The normalized spacial score (nSPS) is 20.9. The monoisotopic (exact) mass is 342 g/mol. The molecule has 1 aliphatic rings. The van der Waals surface area contributed by atoms with E-state index < -0.39 is 0 Å². The van der Waals surface area contributed by atoms with Crippen molar-refractivity contribution in [2.45, 2.75) is 51.7 Å². The minimum atomic E-state index is -0.128. The Morgan fingerprint density at radius 3 is 2.70 bits per heavy atom. The summed E-state index contributed by atoms with van der Waals surface area (Å²) in [5.41, 5.74) is 0.778. The fourth-order valence-electron chi connectivity index (χ4n) is 3.00. The molecule has 0 saturated carbocycles. The highest BCUT2D eigenvalue weighted by Gasteiger charge is 2.25. The van der Waals surface area contributed by atoms with E-state index in [1.807, 2.05) is 12.1 Å². The van der Waals surface area contributed by atoms with Crippen LogP contribution in [0.3, 0.4) is 0 Å². The maximum atomic E-state index is 14.2. The largest absolute Gasteiger partial charge is 0.313 e. The Bertz CT molecular complexity index is 444. The summed E-state index contributed by atoms with van der Waals surface area (Å²) < 4.78 is 15.0. The van der Waals surface area contributed by atoms with E-state index in [1.165, 1.54) is 12.8 Å². The van der Waals surface area contributed by atoms with Crippen LogP contribution in [-0.4, -0.2) is 30.1 Å². The molecule has 112 valence electrons. The number of hydrogen-bond donors (Lipinski definition) is 1. The molecule has 0 aliphatic carbocycles. The Kier molecular flexibility index (Phi) is 5.58. The molecule has 1 heterocycles. The summed E-state index contributed by atoms with van der Waals surface area (Å²) in [7, 11) is 0. The molecule has 1 N–H and O–H groups in total. The van der Waals surface area contributed by atoms with E-state index >= 15 is 0 Å². The van der Waals surface area contributed by atoms with Gasteiger partial charge in [0.25, 0.3) is 0 Å². The van der Waals surface area contributed by atoms with Crippen LogP contribution >= 0.6 is 15.9 Å². The van der Waals surface area contributed by atoms with E-state index in [9.17, 15) is 4.39 Å². The third-order valence-electron chi connectivity index (χ3n) is 4.17. The Hall–Kier alpha value is -0.450. The maximum absolute atomic E-state index is 14.2. The van der Waals surface area contributed by atoms with Crippen LogP contribution in [0.25, 0.3) is 0 Å². The van der Waals surface area contributed by atoms with Crippen molar-refractivity contribution in [3.8, 4) is 0 Å². The van der Waals surface area contributed by atoms with Gasteiger partial charge in [0.05, 0.1) is 0 Å². The van der Waals surface area contributed by atoms with Gasteiger partial charge in [-0.2, -0.15) is 0 Å². The van der Waals surface area contributed by atoms with Gasteiger partial charge in [-0.1, -0.05) is 22.0 Å². The van der Waals surface area contributed by atoms with E-state index in [4.69, 9.17) is 0 Å². The fraction of sp³-hybridized carbons (Fsp3) is 0.625. The van der Waals surface area contributed by atoms with Crippen molar-refractivity contribution >= 4 is 15.9 Å². The van der Waals surface area contributed by atoms with Crippen LogP contribution in [0.1, 0.15) is 45.2 Å². The number of nitrogens with one attached hydrogen (secondary N) is 1. The second-order valence-electron chi connectivity index (χ2n) is 5.93. The Morgan fingerprint density at radius 1 is 1.40 bits per heavy atom. The molecular formula is C16H24BrFN2. The van der Waals surface area contributed by atoms with Crippen LogP contribution in [0.15, 0.2) is 22.7 Å². The second kappa shape index (κ2) is 7.01. The van der Waals surface area contributed by atoms with Gasteiger partial charge in [0.15, 0.2) is 0 Å². The zero-order valence-corrected chi connectivity index (χ0v) is 14.1.